The quantitative estimate of drug-likeness (QED) is 0.498. The van der Waals surface area contributed by atoms with Crippen molar-refractivity contribution in [1.29, 1.82) is 0 Å². The number of halogens is 3. The molecule has 9 heteroatoms. The lowest BCUT2D eigenvalue weighted by Gasteiger charge is -2.26. The van der Waals surface area contributed by atoms with E-state index in [0.717, 1.165) is 23.1 Å². The number of aromatic nitrogens is 1. The van der Waals surface area contributed by atoms with Gasteiger partial charge in [-0.05, 0) is 31.6 Å². The zero-order chi connectivity index (χ0) is 21.4. The van der Waals surface area contributed by atoms with Crippen LogP contribution in [0.3, 0.4) is 0 Å². The number of alkyl halides is 3. The Morgan fingerprint density at radius 2 is 1.90 bits per heavy atom. The van der Waals surface area contributed by atoms with E-state index in [1.54, 1.807) is 7.05 Å². The molecule has 2 N–H and O–H groups in total. The Balaban J connectivity index is 1.87. The van der Waals surface area contributed by atoms with Crippen LogP contribution in [-0.2, 0) is 19.0 Å². The van der Waals surface area contributed by atoms with Gasteiger partial charge in [0.05, 0.1) is 11.0 Å². The predicted molar refractivity (Wildman–Crippen MR) is 112 cm³/mol. The molecule has 1 aromatic carbocycles. The van der Waals surface area contributed by atoms with Crippen molar-refractivity contribution in [3.8, 4) is 0 Å². The molecule has 5 nitrogen and oxygen atoms in total. The van der Waals surface area contributed by atoms with Crippen LogP contribution in [0.2, 0.25) is 0 Å². The standard InChI is InChI=1S/C20H28F3N5S/c1-5-14-6-8-15(9-7-14)16(28(3)4)12-26-19(24-2)25-11-10-18-27-17(13-29-18)20(21,22)23/h6-9,13,16H,5,10-12H2,1-4H3,(H2,24,25,26). The zero-order valence-corrected chi connectivity index (χ0v) is 18.0. The van der Waals surface area contributed by atoms with Crippen LogP contribution in [0, 0.1) is 0 Å². The summed E-state index contributed by atoms with van der Waals surface area (Å²) in [6, 6.07) is 8.72. The van der Waals surface area contributed by atoms with Crippen LogP contribution < -0.4 is 10.6 Å². The molecule has 1 atom stereocenters. The minimum atomic E-state index is -4.39. The van der Waals surface area contributed by atoms with Gasteiger partial charge in [-0.1, -0.05) is 31.2 Å². The highest BCUT2D eigenvalue weighted by Gasteiger charge is 2.33. The molecule has 0 radical (unpaired) electrons. The molecule has 2 aromatic rings. The van der Waals surface area contributed by atoms with Gasteiger partial charge in [0, 0.05) is 31.9 Å². The molecular weight excluding hydrogens is 399 g/mol. The molecule has 29 heavy (non-hydrogen) atoms. The van der Waals surface area contributed by atoms with Crippen LogP contribution in [-0.4, -0.2) is 50.1 Å². The maximum absolute atomic E-state index is 12.6. The smallest absolute Gasteiger partial charge is 0.356 e. The van der Waals surface area contributed by atoms with Crippen molar-refractivity contribution in [2.45, 2.75) is 32.0 Å². The third-order valence-corrected chi connectivity index (χ3v) is 5.46. The molecule has 0 fully saturated rings. The molecule has 0 saturated carbocycles. The first-order chi connectivity index (χ1) is 13.7. The second-order valence-corrected chi connectivity index (χ2v) is 7.77. The first-order valence-corrected chi connectivity index (χ1v) is 10.3. The lowest BCUT2D eigenvalue weighted by molar-refractivity contribution is -0.140. The fourth-order valence-corrected chi connectivity index (χ4v) is 3.64. The van der Waals surface area contributed by atoms with E-state index in [1.807, 2.05) is 14.1 Å². The largest absolute Gasteiger partial charge is 0.434 e. The van der Waals surface area contributed by atoms with Crippen molar-refractivity contribution in [2.24, 2.45) is 4.99 Å². The summed E-state index contributed by atoms with van der Waals surface area (Å²) < 4.78 is 37.9. The number of nitrogens with zero attached hydrogens (tertiary/aromatic N) is 3. The van der Waals surface area contributed by atoms with Crippen molar-refractivity contribution in [1.82, 2.24) is 20.5 Å². The number of hydrogen-bond acceptors (Lipinski definition) is 4. The fourth-order valence-electron chi connectivity index (χ4n) is 2.83. The highest BCUT2D eigenvalue weighted by Crippen LogP contribution is 2.30. The molecule has 2 rings (SSSR count). The summed E-state index contributed by atoms with van der Waals surface area (Å²) in [7, 11) is 5.72. The number of rotatable bonds is 8. The van der Waals surface area contributed by atoms with Crippen molar-refractivity contribution < 1.29 is 13.2 Å². The summed E-state index contributed by atoms with van der Waals surface area (Å²) in [4.78, 5) is 9.97. The third kappa shape index (κ3) is 7.01. The second kappa shape index (κ2) is 10.6. The van der Waals surface area contributed by atoms with Crippen LogP contribution in [0.4, 0.5) is 13.2 Å². The number of guanidine groups is 1. The lowest BCUT2D eigenvalue weighted by atomic mass is 10.0. The van der Waals surface area contributed by atoms with E-state index in [2.05, 4.69) is 56.7 Å². The summed E-state index contributed by atoms with van der Waals surface area (Å²) in [6.07, 6.45) is -2.99. The number of aliphatic imine (C=N–C) groups is 1. The molecule has 0 spiro atoms. The summed E-state index contributed by atoms with van der Waals surface area (Å²) in [5.41, 5.74) is 1.67. The van der Waals surface area contributed by atoms with E-state index in [-0.39, 0.29) is 6.04 Å². The summed E-state index contributed by atoms with van der Waals surface area (Å²) in [5.74, 6) is 0.606. The Morgan fingerprint density at radius 3 is 2.41 bits per heavy atom. The van der Waals surface area contributed by atoms with Crippen LogP contribution in [0.5, 0.6) is 0 Å². The topological polar surface area (TPSA) is 52.6 Å². The molecule has 160 valence electrons. The van der Waals surface area contributed by atoms with Gasteiger partial charge >= 0.3 is 6.18 Å². The van der Waals surface area contributed by atoms with Crippen LogP contribution in [0.25, 0.3) is 0 Å². The van der Waals surface area contributed by atoms with Crippen molar-refractivity contribution in [2.75, 3.05) is 34.2 Å². The van der Waals surface area contributed by atoms with Gasteiger partial charge in [-0.15, -0.1) is 11.3 Å². The summed E-state index contributed by atoms with van der Waals surface area (Å²) >= 11 is 1.02. The van der Waals surface area contributed by atoms with E-state index in [9.17, 15) is 13.2 Å². The zero-order valence-electron chi connectivity index (χ0n) is 17.2. The molecule has 0 aliphatic rings. The van der Waals surface area contributed by atoms with Crippen molar-refractivity contribution in [3.05, 3.63) is 51.5 Å². The monoisotopic (exact) mass is 427 g/mol. The molecule has 0 aliphatic heterocycles. The molecule has 1 unspecified atom stereocenters. The molecule has 1 heterocycles. The van der Waals surface area contributed by atoms with E-state index in [4.69, 9.17) is 0 Å². The van der Waals surface area contributed by atoms with E-state index < -0.39 is 11.9 Å². The number of nitrogens with one attached hydrogen (secondary N) is 2. The summed E-state index contributed by atoms with van der Waals surface area (Å²) in [6.45, 7) is 3.22. The Morgan fingerprint density at radius 1 is 1.21 bits per heavy atom. The van der Waals surface area contributed by atoms with E-state index >= 15 is 0 Å². The Bertz CT molecular complexity index is 784. The average Bonchev–Trinajstić information content (AvgIpc) is 3.16. The van der Waals surface area contributed by atoms with Gasteiger partial charge in [0.2, 0.25) is 0 Å². The third-order valence-electron chi connectivity index (χ3n) is 4.56. The Hall–Kier alpha value is -2.13. The Kier molecular flexibility index (Phi) is 8.45. The summed E-state index contributed by atoms with van der Waals surface area (Å²) in [5, 5.41) is 7.93. The molecule has 0 saturated heterocycles. The van der Waals surface area contributed by atoms with Crippen molar-refractivity contribution >= 4 is 17.3 Å². The SMILES string of the molecule is CCc1ccc(C(CNC(=NC)NCCc2nc(C(F)(F)F)cs2)N(C)C)cc1. The van der Waals surface area contributed by atoms with Gasteiger partial charge in [-0.3, -0.25) is 4.99 Å². The van der Waals surface area contributed by atoms with Gasteiger partial charge in [0.1, 0.15) is 0 Å². The molecule has 0 aliphatic carbocycles. The highest BCUT2D eigenvalue weighted by atomic mass is 32.1. The van der Waals surface area contributed by atoms with E-state index in [0.29, 0.717) is 30.5 Å². The Labute approximate surface area is 174 Å². The second-order valence-electron chi connectivity index (χ2n) is 6.83. The van der Waals surface area contributed by atoms with Gasteiger partial charge in [0.15, 0.2) is 11.7 Å². The lowest BCUT2D eigenvalue weighted by Crippen LogP contribution is -2.42. The molecule has 0 amide bonds. The number of thiazole rings is 1. The average molecular weight is 428 g/mol. The molecular formula is C20H28F3N5S. The number of benzene rings is 1. The van der Waals surface area contributed by atoms with Gasteiger partial charge < -0.3 is 15.5 Å². The molecule has 1 aromatic heterocycles. The minimum absolute atomic E-state index is 0.160. The highest BCUT2D eigenvalue weighted by molar-refractivity contribution is 7.09. The van der Waals surface area contributed by atoms with E-state index in [1.165, 1.54) is 11.1 Å². The number of likely N-dealkylation sites (N-methyl/N-ethyl adjacent to an activating group) is 1. The maximum Gasteiger partial charge on any atom is 0.434 e. The van der Waals surface area contributed by atoms with Gasteiger partial charge in [-0.2, -0.15) is 13.2 Å². The first-order valence-electron chi connectivity index (χ1n) is 9.46. The number of aryl methyl sites for hydroxylation is 1. The fraction of sp³-hybridized carbons (Fsp3) is 0.500. The number of hydrogen-bond donors (Lipinski definition) is 2. The minimum Gasteiger partial charge on any atom is -0.356 e. The normalized spacial score (nSPS) is 13.6. The van der Waals surface area contributed by atoms with Crippen LogP contribution >= 0.6 is 11.3 Å². The van der Waals surface area contributed by atoms with Gasteiger partial charge in [-0.25, -0.2) is 4.98 Å². The maximum atomic E-state index is 12.6. The molecule has 0 bridgehead atoms. The van der Waals surface area contributed by atoms with Crippen LogP contribution in [0.1, 0.15) is 34.8 Å². The first kappa shape index (κ1) is 23.2. The predicted octanol–water partition coefficient (Wildman–Crippen LogP) is 3.73. The van der Waals surface area contributed by atoms with Crippen molar-refractivity contribution in [3.63, 3.8) is 0 Å². The van der Waals surface area contributed by atoms with Gasteiger partial charge in [0.25, 0.3) is 0 Å². The van der Waals surface area contributed by atoms with Crippen LogP contribution in [0.15, 0.2) is 34.6 Å².